The summed E-state index contributed by atoms with van der Waals surface area (Å²) < 4.78 is 13.1. The number of benzene rings is 4. The lowest BCUT2D eigenvalue weighted by molar-refractivity contribution is -0.384. The number of furan rings is 1. The summed E-state index contributed by atoms with van der Waals surface area (Å²) >= 11 is 6.01. The second-order valence-electron chi connectivity index (χ2n) is 8.72. The minimum Gasteiger partial charge on any atom is -0.456 e. The number of nitrogens with one attached hydrogen (secondary N) is 1. The van der Waals surface area contributed by atoms with Crippen LogP contribution >= 0.6 is 11.6 Å². The second kappa shape index (κ2) is 9.24. The molecule has 5 aromatic rings. The van der Waals surface area contributed by atoms with Crippen molar-refractivity contribution in [2.24, 2.45) is 0 Å². The molecule has 1 aromatic heterocycles. The van der Waals surface area contributed by atoms with Crippen molar-refractivity contribution in [3.63, 3.8) is 0 Å². The van der Waals surface area contributed by atoms with Gasteiger partial charge in [-0.25, -0.2) is 0 Å². The van der Waals surface area contributed by atoms with Crippen molar-refractivity contribution in [3.8, 4) is 11.3 Å². The van der Waals surface area contributed by atoms with E-state index in [1.54, 1.807) is 24.3 Å². The average Bonchev–Trinajstić information content (AvgIpc) is 3.43. The zero-order valence-corrected chi connectivity index (χ0v) is 20.3. The molecule has 6 nitrogen and oxygen atoms in total. The third-order valence-corrected chi connectivity index (χ3v) is 6.79. The quantitative estimate of drug-likeness (QED) is 0.192. The highest BCUT2D eigenvalue weighted by atomic mass is 35.5. The number of hydrogen-bond acceptors (Lipinski definition) is 5. The fourth-order valence-corrected chi connectivity index (χ4v) is 5.08. The van der Waals surface area contributed by atoms with Crippen LogP contribution in [0.3, 0.4) is 0 Å². The summed E-state index contributed by atoms with van der Waals surface area (Å²) in [5, 5.41) is 15.4. The predicted molar refractivity (Wildman–Crippen MR) is 142 cm³/mol. The molecule has 0 saturated heterocycles. The van der Waals surface area contributed by atoms with Crippen LogP contribution in [0.2, 0.25) is 5.02 Å². The number of ether oxygens (including phenoxy) is 1. The smallest absolute Gasteiger partial charge is 0.281 e. The molecule has 0 amide bonds. The number of nitro groups is 1. The highest BCUT2D eigenvalue weighted by Gasteiger charge is 2.45. The van der Waals surface area contributed by atoms with Gasteiger partial charge in [-0.1, -0.05) is 90.5 Å². The van der Waals surface area contributed by atoms with E-state index in [1.807, 2.05) is 54.6 Å². The van der Waals surface area contributed by atoms with Crippen LogP contribution in [0.4, 0.5) is 11.4 Å². The Morgan fingerprint density at radius 3 is 2.14 bits per heavy atom. The number of para-hydroxylation sites is 1. The maximum Gasteiger partial charge on any atom is 0.281 e. The minimum absolute atomic E-state index is 0.126. The largest absolute Gasteiger partial charge is 0.456 e. The molecule has 0 unspecified atom stereocenters. The monoisotopic (exact) mass is 508 g/mol. The summed E-state index contributed by atoms with van der Waals surface area (Å²) in [7, 11) is 0. The van der Waals surface area contributed by atoms with E-state index in [-0.39, 0.29) is 10.7 Å². The molecule has 0 aliphatic carbocycles. The van der Waals surface area contributed by atoms with E-state index in [0.29, 0.717) is 17.1 Å². The SMILES string of the molecule is O=[N+]([O-])c1cc(Cl)ccc1-c1ccc([C@H]2Nc3ccccc3C(c3ccccc3)(c3ccccc3)O2)o1. The fraction of sp³-hybridized carbons (Fsp3) is 0.0667. The molecule has 2 heterocycles. The third-order valence-electron chi connectivity index (χ3n) is 6.56. The predicted octanol–water partition coefficient (Wildman–Crippen LogP) is 7.94. The molecule has 7 heteroatoms. The molecule has 0 fully saturated rings. The molecule has 182 valence electrons. The molecule has 6 rings (SSSR count). The highest BCUT2D eigenvalue weighted by Crippen LogP contribution is 2.50. The molecule has 0 radical (unpaired) electrons. The fourth-order valence-electron chi connectivity index (χ4n) is 4.92. The van der Waals surface area contributed by atoms with Crippen molar-refractivity contribution in [2.75, 3.05) is 5.32 Å². The zero-order valence-electron chi connectivity index (χ0n) is 19.5. The number of rotatable bonds is 5. The molecule has 1 aliphatic heterocycles. The van der Waals surface area contributed by atoms with Crippen LogP contribution in [0, 0.1) is 10.1 Å². The first kappa shape index (κ1) is 23.0. The van der Waals surface area contributed by atoms with Gasteiger partial charge < -0.3 is 14.5 Å². The molecule has 1 atom stereocenters. The van der Waals surface area contributed by atoms with E-state index in [2.05, 4.69) is 35.6 Å². The highest BCUT2D eigenvalue weighted by molar-refractivity contribution is 6.30. The Morgan fingerprint density at radius 2 is 1.46 bits per heavy atom. The van der Waals surface area contributed by atoms with Gasteiger partial charge in [-0.15, -0.1) is 0 Å². The van der Waals surface area contributed by atoms with Crippen LogP contribution < -0.4 is 5.32 Å². The van der Waals surface area contributed by atoms with Crippen LogP contribution in [-0.2, 0) is 10.3 Å². The molecular formula is C30H21ClN2O4. The third kappa shape index (κ3) is 3.96. The Balaban J connectivity index is 1.50. The van der Waals surface area contributed by atoms with Crippen LogP contribution in [0.1, 0.15) is 28.7 Å². The molecular weight excluding hydrogens is 488 g/mol. The Bertz CT molecular complexity index is 1540. The van der Waals surface area contributed by atoms with Gasteiger partial charge in [0.25, 0.3) is 5.69 Å². The standard InChI is InChI=1S/C30H21ClN2O4/c31-22-15-16-23(26(19-22)33(34)35)27-17-18-28(36-27)29-32-25-14-8-7-13-24(25)30(37-29,20-9-3-1-4-10-20)21-11-5-2-6-12-21/h1-19,29,32H/t29-/m0/s1. The van der Waals surface area contributed by atoms with E-state index in [0.717, 1.165) is 22.4 Å². The Labute approximate surface area is 218 Å². The summed E-state index contributed by atoms with van der Waals surface area (Å²) in [4.78, 5) is 11.2. The van der Waals surface area contributed by atoms with Gasteiger partial charge in [0.15, 0.2) is 12.0 Å². The number of nitrogens with zero attached hydrogens (tertiary/aromatic N) is 1. The molecule has 1 N–H and O–H groups in total. The molecule has 37 heavy (non-hydrogen) atoms. The van der Waals surface area contributed by atoms with Crippen molar-refractivity contribution >= 4 is 23.0 Å². The number of halogens is 1. The van der Waals surface area contributed by atoms with Crippen LogP contribution in [0.15, 0.2) is 120 Å². The van der Waals surface area contributed by atoms with Gasteiger partial charge >= 0.3 is 0 Å². The maximum absolute atomic E-state index is 11.7. The van der Waals surface area contributed by atoms with Crippen molar-refractivity contribution in [3.05, 3.63) is 153 Å². The Morgan fingerprint density at radius 1 is 0.811 bits per heavy atom. The topological polar surface area (TPSA) is 77.5 Å². The van der Waals surface area contributed by atoms with E-state index in [1.165, 1.54) is 6.07 Å². The minimum atomic E-state index is -0.922. The number of nitro benzene ring substituents is 1. The van der Waals surface area contributed by atoms with Gasteiger partial charge in [0.2, 0.25) is 0 Å². The number of fused-ring (bicyclic) bond motifs is 1. The van der Waals surface area contributed by atoms with Gasteiger partial charge in [-0.3, -0.25) is 10.1 Å². The average molecular weight is 509 g/mol. The normalized spacial score (nSPS) is 16.0. The van der Waals surface area contributed by atoms with E-state index >= 15 is 0 Å². The maximum atomic E-state index is 11.7. The first-order valence-corrected chi connectivity index (χ1v) is 12.1. The molecule has 4 aromatic carbocycles. The molecule has 0 saturated carbocycles. The van der Waals surface area contributed by atoms with Crippen LogP contribution in [-0.4, -0.2) is 4.92 Å². The summed E-state index contributed by atoms with van der Waals surface area (Å²) in [6.07, 6.45) is -0.671. The first-order chi connectivity index (χ1) is 18.1. The molecule has 1 aliphatic rings. The summed E-state index contributed by atoms with van der Waals surface area (Å²) in [6.45, 7) is 0. The zero-order chi connectivity index (χ0) is 25.4. The molecule has 0 bridgehead atoms. The van der Waals surface area contributed by atoms with Crippen molar-refractivity contribution in [1.82, 2.24) is 0 Å². The van der Waals surface area contributed by atoms with E-state index < -0.39 is 16.8 Å². The summed E-state index contributed by atoms with van der Waals surface area (Å²) in [5.74, 6) is 0.845. The van der Waals surface area contributed by atoms with Gasteiger partial charge in [-0.2, -0.15) is 0 Å². The van der Waals surface area contributed by atoms with Crippen LogP contribution in [0.5, 0.6) is 0 Å². The lowest BCUT2D eigenvalue weighted by Crippen LogP contribution is -2.40. The lowest BCUT2D eigenvalue weighted by atomic mass is 9.78. The van der Waals surface area contributed by atoms with Crippen LogP contribution in [0.25, 0.3) is 11.3 Å². The molecule has 0 spiro atoms. The first-order valence-electron chi connectivity index (χ1n) is 11.8. The van der Waals surface area contributed by atoms with E-state index in [4.69, 9.17) is 20.8 Å². The lowest BCUT2D eigenvalue weighted by Gasteiger charge is -2.43. The second-order valence-corrected chi connectivity index (χ2v) is 9.16. The van der Waals surface area contributed by atoms with Gasteiger partial charge in [0, 0.05) is 22.3 Å². The van der Waals surface area contributed by atoms with E-state index in [9.17, 15) is 10.1 Å². The summed E-state index contributed by atoms with van der Waals surface area (Å²) in [6, 6.07) is 36.2. The Kier molecular flexibility index (Phi) is 5.75. The van der Waals surface area contributed by atoms with Crippen molar-refractivity contribution < 1.29 is 14.1 Å². The van der Waals surface area contributed by atoms with Crippen molar-refractivity contribution in [1.29, 1.82) is 0 Å². The Hall–Kier alpha value is -4.39. The van der Waals surface area contributed by atoms with Gasteiger partial charge in [0.1, 0.15) is 11.4 Å². The summed E-state index contributed by atoms with van der Waals surface area (Å²) in [5.41, 5.74) is 3.12. The van der Waals surface area contributed by atoms with Gasteiger partial charge in [-0.05, 0) is 41.5 Å². The van der Waals surface area contributed by atoms with Gasteiger partial charge in [0.05, 0.1) is 10.5 Å². The number of anilines is 1. The van der Waals surface area contributed by atoms with Crippen molar-refractivity contribution in [2.45, 2.75) is 11.8 Å². The number of hydrogen-bond donors (Lipinski definition) is 1.